The highest BCUT2D eigenvalue weighted by Crippen LogP contribution is 2.32. The molecule has 1 saturated heterocycles. The predicted octanol–water partition coefficient (Wildman–Crippen LogP) is 3.04. The Balaban J connectivity index is 1.48. The summed E-state index contributed by atoms with van der Waals surface area (Å²) in [5.41, 5.74) is 13.4. The van der Waals surface area contributed by atoms with Crippen LogP contribution in [0.25, 0.3) is 22.3 Å². The number of aromatic nitrogens is 1. The Bertz CT molecular complexity index is 1130. The lowest BCUT2D eigenvalue weighted by molar-refractivity contribution is 0.0946. The molecule has 3 heterocycles. The van der Waals surface area contributed by atoms with Crippen LogP contribution in [0.3, 0.4) is 0 Å². The van der Waals surface area contributed by atoms with Gasteiger partial charge in [-0.2, -0.15) is 0 Å². The van der Waals surface area contributed by atoms with E-state index >= 15 is 0 Å². The third-order valence-electron chi connectivity index (χ3n) is 6.31. The summed E-state index contributed by atoms with van der Waals surface area (Å²) < 4.78 is 0. The van der Waals surface area contributed by atoms with Gasteiger partial charge >= 0.3 is 0 Å². The highest BCUT2D eigenvalue weighted by molar-refractivity contribution is 5.97. The fraction of sp³-hybridized carbons (Fsp3) is 0.280. The van der Waals surface area contributed by atoms with Gasteiger partial charge in [0, 0.05) is 61.3 Å². The van der Waals surface area contributed by atoms with Gasteiger partial charge in [-0.15, -0.1) is 0 Å². The van der Waals surface area contributed by atoms with E-state index in [-0.39, 0.29) is 5.91 Å². The van der Waals surface area contributed by atoms with Crippen molar-refractivity contribution in [1.82, 2.24) is 15.2 Å². The van der Waals surface area contributed by atoms with E-state index in [1.807, 2.05) is 18.3 Å². The molecule has 6 nitrogen and oxygen atoms in total. The maximum atomic E-state index is 12.1. The number of likely N-dealkylation sites (N-methyl/N-ethyl adjacent to an activating group) is 1. The third-order valence-corrected chi connectivity index (χ3v) is 6.31. The zero-order valence-corrected chi connectivity index (χ0v) is 17.8. The zero-order chi connectivity index (χ0) is 21.4. The summed E-state index contributed by atoms with van der Waals surface area (Å²) in [7, 11) is 2.17. The van der Waals surface area contributed by atoms with Gasteiger partial charge in [0.2, 0.25) is 0 Å². The number of piperazine rings is 1. The number of hydrogen-bond acceptors (Lipinski definition) is 5. The lowest BCUT2D eigenvalue weighted by atomic mass is 9.94. The standard InChI is InChI=1S/C25H27N5O/c1-29-9-11-30(12-10-29)21-4-2-3-17(14-21)20-15-23(24(26)28-16-20)18-5-6-22-19(13-18)7-8-27-25(22)31/h2-6,13-16H,7-12H2,1H3,(H2,26,28)(H,27,31). The van der Waals surface area contributed by atoms with Crippen LogP contribution in [0.1, 0.15) is 15.9 Å². The number of nitrogen functional groups attached to an aromatic ring is 1. The molecule has 0 aliphatic carbocycles. The van der Waals surface area contributed by atoms with Gasteiger partial charge < -0.3 is 20.9 Å². The number of carbonyl (C=O) groups excluding carboxylic acids is 1. The molecule has 3 aromatic rings. The number of nitrogens with one attached hydrogen (secondary N) is 1. The van der Waals surface area contributed by atoms with E-state index in [2.05, 4.69) is 63.5 Å². The molecule has 158 valence electrons. The average molecular weight is 414 g/mol. The molecular weight excluding hydrogens is 386 g/mol. The summed E-state index contributed by atoms with van der Waals surface area (Å²) in [6.07, 6.45) is 2.67. The summed E-state index contributed by atoms with van der Waals surface area (Å²) in [5.74, 6) is 0.493. The molecule has 3 N–H and O–H groups in total. The van der Waals surface area contributed by atoms with Crippen LogP contribution in [0.5, 0.6) is 0 Å². The van der Waals surface area contributed by atoms with Gasteiger partial charge in [0.1, 0.15) is 5.82 Å². The zero-order valence-electron chi connectivity index (χ0n) is 17.8. The quantitative estimate of drug-likeness (QED) is 0.690. The molecule has 1 amide bonds. The molecule has 2 aliphatic rings. The summed E-state index contributed by atoms with van der Waals surface area (Å²) in [5, 5.41) is 2.89. The van der Waals surface area contributed by atoms with Gasteiger partial charge in [-0.25, -0.2) is 4.98 Å². The molecule has 0 spiro atoms. The molecule has 0 radical (unpaired) electrons. The van der Waals surface area contributed by atoms with Gasteiger partial charge in [0.15, 0.2) is 0 Å². The van der Waals surface area contributed by atoms with Gasteiger partial charge in [-0.3, -0.25) is 4.79 Å². The number of nitrogens with two attached hydrogens (primary N) is 1. The molecule has 0 atom stereocenters. The lowest BCUT2D eigenvalue weighted by Crippen LogP contribution is -2.44. The van der Waals surface area contributed by atoms with E-state index in [1.165, 1.54) is 5.69 Å². The van der Waals surface area contributed by atoms with Crippen LogP contribution in [0, 0.1) is 0 Å². The summed E-state index contributed by atoms with van der Waals surface area (Å²) in [4.78, 5) is 21.3. The first-order valence-corrected chi connectivity index (χ1v) is 10.8. The molecule has 31 heavy (non-hydrogen) atoms. The smallest absolute Gasteiger partial charge is 0.251 e. The Morgan fingerprint density at radius 1 is 0.935 bits per heavy atom. The largest absolute Gasteiger partial charge is 0.383 e. The molecule has 2 aromatic carbocycles. The van der Waals surface area contributed by atoms with Crippen molar-refractivity contribution < 1.29 is 4.79 Å². The molecule has 6 heteroatoms. The van der Waals surface area contributed by atoms with Crippen LogP contribution in [-0.2, 0) is 6.42 Å². The van der Waals surface area contributed by atoms with Crippen molar-refractivity contribution in [2.45, 2.75) is 6.42 Å². The molecule has 1 fully saturated rings. The summed E-state index contributed by atoms with van der Waals surface area (Å²) >= 11 is 0. The number of pyridine rings is 1. The molecule has 0 bridgehead atoms. The highest BCUT2D eigenvalue weighted by Gasteiger charge is 2.18. The third kappa shape index (κ3) is 3.86. The SMILES string of the molecule is CN1CCN(c2cccc(-c3cnc(N)c(-c4ccc5c(c4)CCNC5=O)c3)c2)CC1. The molecular formula is C25H27N5O. The number of carbonyl (C=O) groups is 1. The van der Waals surface area contributed by atoms with Gasteiger partial charge in [-0.1, -0.05) is 24.3 Å². The monoisotopic (exact) mass is 413 g/mol. The Morgan fingerprint density at radius 2 is 1.77 bits per heavy atom. The number of nitrogens with zero attached hydrogens (tertiary/aromatic N) is 3. The van der Waals surface area contributed by atoms with Crippen LogP contribution >= 0.6 is 0 Å². The van der Waals surface area contributed by atoms with Crippen molar-refractivity contribution >= 4 is 17.4 Å². The average Bonchev–Trinajstić information content (AvgIpc) is 2.80. The maximum absolute atomic E-state index is 12.1. The molecule has 0 saturated carbocycles. The second-order valence-electron chi connectivity index (χ2n) is 8.38. The van der Waals surface area contributed by atoms with Crippen molar-refractivity contribution in [3.63, 3.8) is 0 Å². The number of anilines is 2. The fourth-order valence-corrected chi connectivity index (χ4v) is 4.41. The van der Waals surface area contributed by atoms with Crippen molar-refractivity contribution in [2.75, 3.05) is 50.4 Å². The van der Waals surface area contributed by atoms with Gasteiger partial charge in [-0.05, 0) is 54.4 Å². The van der Waals surface area contributed by atoms with Crippen molar-refractivity contribution in [3.8, 4) is 22.3 Å². The van der Waals surface area contributed by atoms with E-state index in [1.54, 1.807) is 0 Å². The van der Waals surface area contributed by atoms with Crippen LogP contribution in [0.15, 0.2) is 54.7 Å². The minimum Gasteiger partial charge on any atom is -0.383 e. The van der Waals surface area contributed by atoms with Gasteiger partial charge in [0.05, 0.1) is 0 Å². The van der Waals surface area contributed by atoms with Crippen LogP contribution < -0.4 is 16.0 Å². The van der Waals surface area contributed by atoms with Gasteiger partial charge in [0.25, 0.3) is 5.91 Å². The summed E-state index contributed by atoms with van der Waals surface area (Å²) in [6, 6.07) is 16.7. The lowest BCUT2D eigenvalue weighted by Gasteiger charge is -2.34. The highest BCUT2D eigenvalue weighted by atomic mass is 16.1. The molecule has 1 aromatic heterocycles. The Kier molecular flexibility index (Phi) is 5.08. The Hall–Kier alpha value is -3.38. The van der Waals surface area contributed by atoms with Crippen LogP contribution in [0.4, 0.5) is 11.5 Å². The molecule has 0 unspecified atom stereocenters. The fourth-order valence-electron chi connectivity index (χ4n) is 4.41. The topological polar surface area (TPSA) is 74.5 Å². The second kappa shape index (κ2) is 8.04. The minimum absolute atomic E-state index is 0.00614. The minimum atomic E-state index is -0.00614. The van der Waals surface area contributed by atoms with Crippen molar-refractivity contribution in [3.05, 3.63) is 65.9 Å². The summed E-state index contributed by atoms with van der Waals surface area (Å²) in [6.45, 7) is 4.90. The second-order valence-corrected chi connectivity index (χ2v) is 8.38. The first-order valence-electron chi connectivity index (χ1n) is 10.8. The Morgan fingerprint density at radius 3 is 2.61 bits per heavy atom. The van der Waals surface area contributed by atoms with E-state index in [0.29, 0.717) is 12.4 Å². The van der Waals surface area contributed by atoms with Crippen LogP contribution in [-0.4, -0.2) is 55.6 Å². The molecule has 2 aliphatic heterocycles. The first kappa shape index (κ1) is 19.6. The first-order chi connectivity index (χ1) is 15.1. The van der Waals surface area contributed by atoms with Crippen LogP contribution in [0.2, 0.25) is 0 Å². The molecule has 5 rings (SSSR count). The maximum Gasteiger partial charge on any atom is 0.251 e. The number of hydrogen-bond donors (Lipinski definition) is 2. The van der Waals surface area contributed by atoms with Crippen molar-refractivity contribution in [1.29, 1.82) is 0 Å². The van der Waals surface area contributed by atoms with E-state index in [0.717, 1.165) is 66.0 Å². The number of rotatable bonds is 3. The van der Waals surface area contributed by atoms with E-state index < -0.39 is 0 Å². The Labute approximate surface area is 182 Å². The number of fused-ring (bicyclic) bond motifs is 1. The van der Waals surface area contributed by atoms with E-state index in [9.17, 15) is 4.79 Å². The number of amides is 1. The van der Waals surface area contributed by atoms with Crippen molar-refractivity contribution in [2.24, 2.45) is 0 Å². The normalized spacial score (nSPS) is 16.7. The number of benzene rings is 2. The predicted molar refractivity (Wildman–Crippen MR) is 125 cm³/mol. The van der Waals surface area contributed by atoms with E-state index in [4.69, 9.17) is 5.73 Å².